The minimum absolute atomic E-state index is 0.163. The molecule has 0 saturated carbocycles. The Morgan fingerprint density at radius 1 is 1.15 bits per heavy atom. The molecule has 0 atom stereocenters. The van der Waals surface area contributed by atoms with E-state index in [1.165, 1.54) is 17.0 Å². The van der Waals surface area contributed by atoms with E-state index in [9.17, 15) is 18.0 Å². The highest BCUT2D eigenvalue weighted by Gasteiger charge is 2.30. The van der Waals surface area contributed by atoms with E-state index in [2.05, 4.69) is 0 Å². The highest BCUT2D eigenvalue weighted by Crippen LogP contribution is 2.31. The molecule has 1 amide bonds. The van der Waals surface area contributed by atoms with Crippen LogP contribution < -0.4 is 4.74 Å². The topological polar surface area (TPSA) is 42.7 Å². The van der Waals surface area contributed by atoms with E-state index >= 15 is 0 Å². The number of hydrogen-bond donors (Lipinski definition) is 0. The van der Waals surface area contributed by atoms with Gasteiger partial charge in [-0.05, 0) is 42.8 Å². The number of carbonyl (C=O) groups is 1. The summed E-state index contributed by atoms with van der Waals surface area (Å²) in [5.74, 6) is 0.513. The summed E-state index contributed by atoms with van der Waals surface area (Å²) in [5.41, 5.74) is 1.13. The maximum Gasteiger partial charge on any atom is 0.416 e. The zero-order chi connectivity index (χ0) is 19.8. The van der Waals surface area contributed by atoms with Crippen molar-refractivity contribution in [1.82, 2.24) is 4.90 Å². The van der Waals surface area contributed by atoms with Crippen molar-refractivity contribution in [3.63, 3.8) is 0 Å². The molecule has 27 heavy (non-hydrogen) atoms. The third kappa shape index (κ3) is 3.77. The Hall–Kier alpha value is -2.96. The highest BCUT2D eigenvalue weighted by atomic mass is 19.4. The molecule has 0 N–H and O–H groups in total. The van der Waals surface area contributed by atoms with E-state index in [-0.39, 0.29) is 18.2 Å². The third-order valence-corrected chi connectivity index (χ3v) is 4.39. The number of ether oxygens (including phenoxy) is 1. The molecule has 3 aromatic rings. The fraction of sp³-hybridized carbons (Fsp3) is 0.250. The first-order chi connectivity index (χ1) is 12.7. The summed E-state index contributed by atoms with van der Waals surface area (Å²) in [6, 6.07) is 10.0. The van der Waals surface area contributed by atoms with Crippen LogP contribution in [0.3, 0.4) is 0 Å². The van der Waals surface area contributed by atoms with Crippen LogP contribution in [-0.4, -0.2) is 25.0 Å². The van der Waals surface area contributed by atoms with Crippen molar-refractivity contribution in [3.8, 4) is 5.75 Å². The number of hydrogen-bond acceptors (Lipinski definition) is 3. The van der Waals surface area contributed by atoms with Crippen LogP contribution in [0.15, 0.2) is 46.9 Å². The molecule has 0 aliphatic heterocycles. The van der Waals surface area contributed by atoms with E-state index in [1.807, 2.05) is 0 Å². The average Bonchev–Trinajstić information content (AvgIpc) is 2.96. The van der Waals surface area contributed by atoms with Crippen LogP contribution in [0.2, 0.25) is 0 Å². The number of methoxy groups -OCH3 is 1. The van der Waals surface area contributed by atoms with Crippen LogP contribution in [-0.2, 0) is 12.7 Å². The molecule has 0 spiro atoms. The molecular weight excluding hydrogens is 359 g/mol. The zero-order valence-corrected chi connectivity index (χ0v) is 15.1. The first kappa shape index (κ1) is 18.8. The first-order valence-corrected chi connectivity index (χ1v) is 8.19. The van der Waals surface area contributed by atoms with Gasteiger partial charge in [-0.25, -0.2) is 0 Å². The number of furan rings is 1. The van der Waals surface area contributed by atoms with Gasteiger partial charge in [0.05, 0.1) is 12.7 Å². The Bertz CT molecular complexity index is 975. The van der Waals surface area contributed by atoms with Crippen molar-refractivity contribution >= 4 is 16.9 Å². The molecule has 0 saturated heterocycles. The van der Waals surface area contributed by atoms with Crippen LogP contribution in [0.25, 0.3) is 11.0 Å². The molecule has 1 heterocycles. The van der Waals surface area contributed by atoms with Gasteiger partial charge in [-0.2, -0.15) is 13.2 Å². The van der Waals surface area contributed by atoms with Gasteiger partial charge in [0.2, 0.25) is 0 Å². The van der Waals surface area contributed by atoms with E-state index in [4.69, 9.17) is 9.15 Å². The van der Waals surface area contributed by atoms with Gasteiger partial charge in [-0.3, -0.25) is 4.79 Å². The van der Waals surface area contributed by atoms with Gasteiger partial charge in [-0.1, -0.05) is 12.1 Å². The predicted octanol–water partition coefficient (Wildman–Crippen LogP) is 5.04. The lowest BCUT2D eigenvalue weighted by Crippen LogP contribution is -2.26. The fourth-order valence-electron chi connectivity index (χ4n) is 2.85. The first-order valence-electron chi connectivity index (χ1n) is 8.19. The molecule has 0 fully saturated rings. The van der Waals surface area contributed by atoms with E-state index in [1.54, 1.807) is 39.3 Å². The highest BCUT2D eigenvalue weighted by molar-refractivity contribution is 5.99. The monoisotopic (exact) mass is 377 g/mol. The standard InChI is InChI=1S/C20H18F3NO3/c1-12-16-10-15(26-3)8-9-17(16)27-18(12)19(25)24(2)11-13-4-6-14(7-5-13)20(21,22)23/h4-10H,11H2,1-3H3. The van der Waals surface area contributed by atoms with Gasteiger partial charge in [0.25, 0.3) is 5.91 Å². The fourth-order valence-corrected chi connectivity index (χ4v) is 2.85. The quantitative estimate of drug-likeness (QED) is 0.640. The minimum atomic E-state index is -4.38. The minimum Gasteiger partial charge on any atom is -0.497 e. The Morgan fingerprint density at radius 3 is 2.41 bits per heavy atom. The number of rotatable bonds is 4. The Kier molecular flexibility index (Phi) is 4.87. The summed E-state index contributed by atoms with van der Waals surface area (Å²) in [6.45, 7) is 1.95. The number of carbonyl (C=O) groups excluding carboxylic acids is 1. The SMILES string of the molecule is COc1ccc2oc(C(=O)N(C)Cc3ccc(C(F)(F)F)cc3)c(C)c2c1. The number of halogens is 3. The number of aryl methyl sites for hydroxylation is 1. The van der Waals surface area contributed by atoms with Crippen LogP contribution in [0.4, 0.5) is 13.2 Å². The predicted molar refractivity (Wildman–Crippen MR) is 94.7 cm³/mol. The number of amides is 1. The summed E-state index contributed by atoms with van der Waals surface area (Å²) in [7, 11) is 3.13. The molecule has 142 valence electrons. The third-order valence-electron chi connectivity index (χ3n) is 4.39. The van der Waals surface area contributed by atoms with Crippen LogP contribution >= 0.6 is 0 Å². The average molecular weight is 377 g/mol. The van der Waals surface area contributed by atoms with Crippen molar-refractivity contribution in [2.75, 3.05) is 14.2 Å². The van der Waals surface area contributed by atoms with Crippen molar-refractivity contribution in [1.29, 1.82) is 0 Å². The molecule has 0 aliphatic rings. The smallest absolute Gasteiger partial charge is 0.416 e. The van der Waals surface area contributed by atoms with Crippen LogP contribution in [0.1, 0.15) is 27.2 Å². The van der Waals surface area contributed by atoms with Gasteiger partial charge in [-0.15, -0.1) is 0 Å². The Balaban J connectivity index is 1.81. The molecule has 0 aliphatic carbocycles. The van der Waals surface area contributed by atoms with Gasteiger partial charge in [0, 0.05) is 24.5 Å². The molecule has 4 nitrogen and oxygen atoms in total. The van der Waals surface area contributed by atoms with Crippen molar-refractivity contribution in [2.45, 2.75) is 19.6 Å². The summed E-state index contributed by atoms with van der Waals surface area (Å²) in [4.78, 5) is 14.1. The molecule has 7 heteroatoms. The van der Waals surface area contributed by atoms with E-state index in [0.717, 1.165) is 17.5 Å². The lowest BCUT2D eigenvalue weighted by molar-refractivity contribution is -0.137. The molecule has 2 aromatic carbocycles. The molecule has 0 bridgehead atoms. The Labute approximate surface area is 154 Å². The largest absolute Gasteiger partial charge is 0.497 e. The summed E-state index contributed by atoms with van der Waals surface area (Å²) in [5, 5.41) is 0.778. The van der Waals surface area contributed by atoms with Gasteiger partial charge >= 0.3 is 6.18 Å². The lowest BCUT2D eigenvalue weighted by Gasteiger charge is -2.17. The second-order valence-electron chi connectivity index (χ2n) is 6.27. The number of nitrogens with zero attached hydrogens (tertiary/aromatic N) is 1. The lowest BCUT2D eigenvalue weighted by atomic mass is 10.1. The molecule has 0 unspecified atom stereocenters. The summed E-state index contributed by atoms with van der Waals surface area (Å²) in [6.07, 6.45) is -4.38. The van der Waals surface area contributed by atoms with Gasteiger partial charge < -0.3 is 14.1 Å². The van der Waals surface area contributed by atoms with E-state index < -0.39 is 11.7 Å². The Morgan fingerprint density at radius 2 is 1.81 bits per heavy atom. The zero-order valence-electron chi connectivity index (χ0n) is 15.1. The van der Waals surface area contributed by atoms with Gasteiger partial charge in [0.1, 0.15) is 11.3 Å². The van der Waals surface area contributed by atoms with Crippen molar-refractivity contribution in [2.24, 2.45) is 0 Å². The summed E-state index contributed by atoms with van der Waals surface area (Å²) < 4.78 is 48.8. The molecule has 0 radical (unpaired) electrons. The molecular formula is C20H18F3NO3. The molecule has 3 rings (SSSR count). The normalized spacial score (nSPS) is 11.6. The van der Waals surface area contributed by atoms with Crippen molar-refractivity contribution in [3.05, 3.63) is 64.9 Å². The maximum absolute atomic E-state index is 12.7. The second-order valence-corrected chi connectivity index (χ2v) is 6.27. The summed E-state index contributed by atoms with van der Waals surface area (Å²) >= 11 is 0. The van der Waals surface area contributed by atoms with E-state index in [0.29, 0.717) is 22.5 Å². The number of fused-ring (bicyclic) bond motifs is 1. The molecule has 1 aromatic heterocycles. The second kappa shape index (κ2) is 6.98. The number of benzene rings is 2. The maximum atomic E-state index is 12.7. The van der Waals surface area contributed by atoms with Crippen LogP contribution in [0, 0.1) is 6.92 Å². The van der Waals surface area contributed by atoms with Crippen molar-refractivity contribution < 1.29 is 27.1 Å². The number of alkyl halides is 3. The van der Waals surface area contributed by atoms with Crippen LogP contribution in [0.5, 0.6) is 5.75 Å². The van der Waals surface area contributed by atoms with Gasteiger partial charge in [0.15, 0.2) is 5.76 Å².